The molecule has 0 aliphatic heterocycles. The minimum absolute atomic E-state index is 0.876. The minimum Gasteiger partial charge on any atom is -0.460 e. The second-order valence-corrected chi connectivity index (χ2v) is 4.23. The minimum atomic E-state index is 0.876. The van der Waals surface area contributed by atoms with Crippen molar-refractivity contribution in [3.63, 3.8) is 0 Å². The van der Waals surface area contributed by atoms with E-state index in [9.17, 15) is 0 Å². The lowest BCUT2D eigenvalue weighted by Crippen LogP contribution is -1.80. The highest BCUT2D eigenvalue weighted by Crippen LogP contribution is 2.24. The van der Waals surface area contributed by atoms with Gasteiger partial charge in [0.2, 0.25) is 0 Å². The number of hydrogen-bond acceptors (Lipinski definition) is 3. The molecule has 2 aromatic rings. The molecule has 0 N–H and O–H groups in total. The number of furan rings is 1. The Hall–Kier alpha value is -1.09. The molecule has 0 bridgehead atoms. The van der Waals surface area contributed by atoms with Gasteiger partial charge in [0.15, 0.2) is 5.76 Å². The third-order valence-electron chi connectivity index (χ3n) is 2.01. The predicted octanol–water partition coefficient (Wildman–Crippen LogP) is 3.66. The lowest BCUT2D eigenvalue weighted by molar-refractivity contribution is 0.546. The van der Waals surface area contributed by atoms with Gasteiger partial charge < -0.3 is 4.42 Å². The summed E-state index contributed by atoms with van der Waals surface area (Å²) in [6.45, 7) is 4.11. The van der Waals surface area contributed by atoms with Crippen molar-refractivity contribution < 1.29 is 4.42 Å². The first-order valence-corrected chi connectivity index (χ1v) is 5.68. The number of nitrogens with zero attached hydrogens (tertiary/aromatic N) is 1. The van der Waals surface area contributed by atoms with E-state index in [1.165, 1.54) is 5.01 Å². The fourth-order valence-corrected chi connectivity index (χ4v) is 2.21. The maximum Gasteiger partial charge on any atom is 0.153 e. The van der Waals surface area contributed by atoms with Crippen LogP contribution in [0.25, 0.3) is 11.5 Å². The summed E-state index contributed by atoms with van der Waals surface area (Å²) in [5.41, 5.74) is 0.964. The molecule has 0 spiro atoms. The molecular weight excluding hydrogens is 194 g/mol. The first-order valence-electron chi connectivity index (χ1n) is 4.81. The predicted molar refractivity (Wildman–Crippen MR) is 58.5 cm³/mol. The zero-order valence-corrected chi connectivity index (χ0v) is 9.23. The van der Waals surface area contributed by atoms with E-state index in [4.69, 9.17) is 4.42 Å². The normalized spacial score (nSPS) is 10.7. The van der Waals surface area contributed by atoms with Gasteiger partial charge in [-0.2, -0.15) is 0 Å². The number of aromatic nitrogens is 1. The van der Waals surface area contributed by atoms with Gasteiger partial charge in [-0.3, -0.25) is 0 Å². The molecule has 0 aromatic carbocycles. The standard InChI is InChI=1S/C11H13NOS/c1-3-4-11-12-9(7-14-11)10-6-5-8(2)13-10/h5-7H,3-4H2,1-2H3. The summed E-state index contributed by atoms with van der Waals surface area (Å²) in [4.78, 5) is 4.51. The average molecular weight is 207 g/mol. The van der Waals surface area contributed by atoms with Crippen molar-refractivity contribution >= 4 is 11.3 Å². The molecule has 0 atom stereocenters. The van der Waals surface area contributed by atoms with E-state index in [0.29, 0.717) is 0 Å². The summed E-state index contributed by atoms with van der Waals surface area (Å²) < 4.78 is 5.51. The Morgan fingerprint density at radius 2 is 2.29 bits per heavy atom. The molecule has 2 heterocycles. The van der Waals surface area contributed by atoms with Gasteiger partial charge in [0.1, 0.15) is 11.5 Å². The highest BCUT2D eigenvalue weighted by atomic mass is 32.1. The van der Waals surface area contributed by atoms with Crippen LogP contribution in [0, 0.1) is 6.92 Å². The Labute approximate surface area is 87.6 Å². The van der Waals surface area contributed by atoms with Gasteiger partial charge in [-0.25, -0.2) is 4.98 Å². The first kappa shape index (κ1) is 9.46. The van der Waals surface area contributed by atoms with Crippen LogP contribution in [-0.2, 0) is 6.42 Å². The van der Waals surface area contributed by atoms with Crippen molar-refractivity contribution in [3.8, 4) is 11.5 Å². The van der Waals surface area contributed by atoms with Crippen molar-refractivity contribution in [3.05, 3.63) is 28.3 Å². The molecule has 3 heteroatoms. The SMILES string of the molecule is CCCc1nc(-c2ccc(C)o2)cs1. The third-order valence-corrected chi connectivity index (χ3v) is 2.92. The molecule has 0 radical (unpaired) electrons. The van der Waals surface area contributed by atoms with E-state index in [0.717, 1.165) is 30.1 Å². The maximum absolute atomic E-state index is 5.51. The molecular formula is C11H13NOS. The first-order chi connectivity index (χ1) is 6.79. The number of hydrogen-bond donors (Lipinski definition) is 0. The number of aryl methyl sites for hydroxylation is 2. The highest BCUT2D eigenvalue weighted by Gasteiger charge is 2.06. The Morgan fingerprint density at radius 3 is 2.93 bits per heavy atom. The molecule has 0 unspecified atom stereocenters. The quantitative estimate of drug-likeness (QED) is 0.767. The summed E-state index contributed by atoms with van der Waals surface area (Å²) >= 11 is 1.71. The molecule has 2 rings (SSSR count). The molecule has 0 saturated carbocycles. The zero-order chi connectivity index (χ0) is 9.97. The van der Waals surface area contributed by atoms with Crippen LogP contribution in [0.4, 0.5) is 0 Å². The van der Waals surface area contributed by atoms with Gasteiger partial charge in [-0.1, -0.05) is 6.92 Å². The van der Waals surface area contributed by atoms with Gasteiger partial charge in [0.25, 0.3) is 0 Å². The van der Waals surface area contributed by atoms with Gasteiger partial charge in [-0.05, 0) is 31.9 Å². The van der Waals surface area contributed by atoms with Crippen LogP contribution in [0.1, 0.15) is 24.1 Å². The van der Waals surface area contributed by atoms with Crippen molar-refractivity contribution in [2.75, 3.05) is 0 Å². The second-order valence-electron chi connectivity index (χ2n) is 3.29. The molecule has 0 saturated heterocycles. The Bertz CT molecular complexity index is 416. The third kappa shape index (κ3) is 1.87. The zero-order valence-electron chi connectivity index (χ0n) is 8.41. The second kappa shape index (κ2) is 3.96. The lowest BCUT2D eigenvalue weighted by Gasteiger charge is -1.89. The monoisotopic (exact) mass is 207 g/mol. The van der Waals surface area contributed by atoms with Crippen LogP contribution in [0.3, 0.4) is 0 Å². The summed E-state index contributed by atoms with van der Waals surface area (Å²) in [6, 6.07) is 3.94. The molecule has 2 nitrogen and oxygen atoms in total. The maximum atomic E-state index is 5.51. The molecule has 0 fully saturated rings. The van der Waals surface area contributed by atoms with Crippen molar-refractivity contribution in [1.82, 2.24) is 4.98 Å². The van der Waals surface area contributed by atoms with Gasteiger partial charge >= 0.3 is 0 Å². The molecule has 0 amide bonds. The van der Waals surface area contributed by atoms with Crippen LogP contribution < -0.4 is 0 Å². The molecule has 14 heavy (non-hydrogen) atoms. The summed E-state index contributed by atoms with van der Waals surface area (Å²) in [5.74, 6) is 1.81. The Balaban J connectivity index is 2.24. The van der Waals surface area contributed by atoms with E-state index in [2.05, 4.69) is 17.3 Å². The van der Waals surface area contributed by atoms with Crippen LogP contribution in [0.5, 0.6) is 0 Å². The largest absolute Gasteiger partial charge is 0.460 e. The van der Waals surface area contributed by atoms with Gasteiger partial charge in [-0.15, -0.1) is 11.3 Å². The fraction of sp³-hybridized carbons (Fsp3) is 0.364. The van der Waals surface area contributed by atoms with E-state index < -0.39 is 0 Å². The molecule has 0 aliphatic carbocycles. The number of thiazole rings is 1. The van der Waals surface area contributed by atoms with Crippen LogP contribution >= 0.6 is 11.3 Å². The molecule has 0 aliphatic rings. The molecule has 74 valence electrons. The van der Waals surface area contributed by atoms with Crippen LogP contribution in [-0.4, -0.2) is 4.98 Å². The van der Waals surface area contributed by atoms with E-state index in [1.54, 1.807) is 11.3 Å². The van der Waals surface area contributed by atoms with E-state index in [1.807, 2.05) is 19.1 Å². The number of rotatable bonds is 3. The fourth-order valence-electron chi connectivity index (χ4n) is 1.32. The lowest BCUT2D eigenvalue weighted by atomic mass is 10.3. The summed E-state index contributed by atoms with van der Waals surface area (Å²) in [6.07, 6.45) is 2.20. The van der Waals surface area contributed by atoms with Crippen LogP contribution in [0.2, 0.25) is 0 Å². The smallest absolute Gasteiger partial charge is 0.153 e. The van der Waals surface area contributed by atoms with Crippen molar-refractivity contribution in [1.29, 1.82) is 0 Å². The average Bonchev–Trinajstić information content (AvgIpc) is 2.74. The highest BCUT2D eigenvalue weighted by molar-refractivity contribution is 7.09. The van der Waals surface area contributed by atoms with E-state index >= 15 is 0 Å². The summed E-state index contributed by atoms with van der Waals surface area (Å²) in [5, 5.41) is 3.25. The Morgan fingerprint density at radius 1 is 1.43 bits per heavy atom. The summed E-state index contributed by atoms with van der Waals surface area (Å²) in [7, 11) is 0. The van der Waals surface area contributed by atoms with E-state index in [-0.39, 0.29) is 0 Å². The van der Waals surface area contributed by atoms with Crippen molar-refractivity contribution in [2.45, 2.75) is 26.7 Å². The van der Waals surface area contributed by atoms with Crippen molar-refractivity contribution in [2.24, 2.45) is 0 Å². The topological polar surface area (TPSA) is 26.0 Å². The Kier molecular flexibility index (Phi) is 2.68. The molecule has 2 aromatic heterocycles. The van der Waals surface area contributed by atoms with Crippen LogP contribution in [0.15, 0.2) is 21.9 Å². The van der Waals surface area contributed by atoms with Gasteiger partial charge in [0, 0.05) is 5.38 Å². The van der Waals surface area contributed by atoms with Gasteiger partial charge in [0.05, 0.1) is 5.01 Å².